The monoisotopic (exact) mass is 505 g/mol. The third-order valence-electron chi connectivity index (χ3n) is 5.80. The molecule has 36 heavy (non-hydrogen) atoms. The van der Waals surface area contributed by atoms with E-state index in [2.05, 4.69) is 36.9 Å². The summed E-state index contributed by atoms with van der Waals surface area (Å²) in [6.45, 7) is 6.95. The average molecular weight is 506 g/mol. The van der Waals surface area contributed by atoms with Crippen LogP contribution in [0.1, 0.15) is 22.9 Å². The van der Waals surface area contributed by atoms with Crippen molar-refractivity contribution >= 4 is 27.2 Å². The van der Waals surface area contributed by atoms with Gasteiger partial charge in [0.05, 0.1) is 12.3 Å². The van der Waals surface area contributed by atoms with Crippen LogP contribution in [0, 0.1) is 19.7 Å². The summed E-state index contributed by atoms with van der Waals surface area (Å²) in [7, 11) is 0. The van der Waals surface area contributed by atoms with Crippen LogP contribution >= 0.6 is 11.3 Å². The molecule has 2 aromatic carbocycles. The van der Waals surface area contributed by atoms with Gasteiger partial charge in [-0.1, -0.05) is 29.4 Å². The predicted molar refractivity (Wildman–Crippen MR) is 138 cm³/mol. The molecule has 5 rings (SSSR count). The number of thiophene rings is 1. The van der Waals surface area contributed by atoms with Gasteiger partial charge in [-0.05, 0) is 55.8 Å². The van der Waals surface area contributed by atoms with Gasteiger partial charge in [0, 0.05) is 33.3 Å². The van der Waals surface area contributed by atoms with Gasteiger partial charge in [0.1, 0.15) is 11.6 Å². The van der Waals surface area contributed by atoms with E-state index in [-0.39, 0.29) is 11.8 Å². The minimum absolute atomic E-state index is 0.213. The number of fused-ring (bicyclic) bond motifs is 1. The number of hydrogen-bond donors (Lipinski definition) is 2. The van der Waals surface area contributed by atoms with E-state index >= 15 is 0 Å². The summed E-state index contributed by atoms with van der Waals surface area (Å²) in [5.74, 6) is 0.174. The molecular weight excluding hydrogens is 481 g/mol. The Morgan fingerprint density at radius 2 is 1.89 bits per heavy atom. The van der Waals surface area contributed by atoms with E-state index in [9.17, 15) is 9.18 Å². The molecule has 0 aliphatic rings. The van der Waals surface area contributed by atoms with Gasteiger partial charge in [0.25, 0.3) is 0 Å². The molecule has 0 saturated heterocycles. The van der Waals surface area contributed by atoms with Crippen molar-refractivity contribution < 1.29 is 13.7 Å². The van der Waals surface area contributed by atoms with Crippen molar-refractivity contribution in [1.29, 1.82) is 0 Å². The highest BCUT2D eigenvalue weighted by molar-refractivity contribution is 7.19. The number of aromatic nitrogens is 4. The Bertz CT molecular complexity index is 1590. The molecule has 0 fully saturated rings. The Kier molecular flexibility index (Phi) is 6.51. The second-order valence-electron chi connectivity index (χ2n) is 8.29. The number of anilines is 1. The molecule has 0 amide bonds. The van der Waals surface area contributed by atoms with E-state index < -0.39 is 5.76 Å². The van der Waals surface area contributed by atoms with Gasteiger partial charge < -0.3 is 10.1 Å². The summed E-state index contributed by atoms with van der Waals surface area (Å²) in [5, 5.41) is 8.06. The number of benzene rings is 2. The highest BCUT2D eigenvalue weighted by atomic mass is 32.1. The van der Waals surface area contributed by atoms with Crippen LogP contribution in [-0.4, -0.2) is 33.3 Å². The number of nitrogens with one attached hydrogen (secondary N) is 2. The summed E-state index contributed by atoms with van der Waals surface area (Å²) in [5.41, 5.74) is 4.35. The molecular formula is C26H24FN5O3S. The van der Waals surface area contributed by atoms with Gasteiger partial charge in [0.15, 0.2) is 5.82 Å². The minimum Gasteiger partial charge on any atom is -0.464 e. The molecule has 5 aromatic rings. The van der Waals surface area contributed by atoms with Crippen molar-refractivity contribution in [3.63, 3.8) is 0 Å². The second kappa shape index (κ2) is 9.90. The molecule has 0 radical (unpaired) electrons. The van der Waals surface area contributed by atoms with E-state index in [0.717, 1.165) is 33.2 Å². The van der Waals surface area contributed by atoms with Crippen molar-refractivity contribution in [3.8, 4) is 28.7 Å². The normalized spacial score (nSPS) is 11.2. The molecule has 3 aromatic heterocycles. The van der Waals surface area contributed by atoms with Crippen molar-refractivity contribution in [2.24, 2.45) is 0 Å². The Morgan fingerprint density at radius 1 is 1.11 bits per heavy atom. The van der Waals surface area contributed by atoms with E-state index in [1.54, 1.807) is 23.5 Å². The molecule has 8 nitrogen and oxygen atoms in total. The number of ether oxygens (including phenoxy) is 1. The molecule has 184 valence electrons. The first kappa shape index (κ1) is 23.7. The smallest absolute Gasteiger partial charge is 0.439 e. The Hall–Kier alpha value is -4.05. The van der Waals surface area contributed by atoms with E-state index in [4.69, 9.17) is 4.74 Å². The highest BCUT2D eigenvalue weighted by Crippen LogP contribution is 2.34. The van der Waals surface area contributed by atoms with Gasteiger partial charge in [-0.3, -0.25) is 9.51 Å². The minimum atomic E-state index is -0.604. The Morgan fingerprint density at radius 3 is 2.61 bits per heavy atom. The van der Waals surface area contributed by atoms with Gasteiger partial charge in [0.2, 0.25) is 0 Å². The lowest BCUT2D eigenvalue weighted by atomic mass is 10.1. The molecule has 10 heteroatoms. The van der Waals surface area contributed by atoms with Crippen LogP contribution in [-0.2, 0) is 6.42 Å². The zero-order valence-corrected chi connectivity index (χ0v) is 20.8. The first-order valence-corrected chi connectivity index (χ1v) is 12.3. The second-order valence-corrected chi connectivity index (χ2v) is 9.51. The summed E-state index contributed by atoms with van der Waals surface area (Å²) in [6.07, 6.45) is 0.725. The van der Waals surface area contributed by atoms with Crippen molar-refractivity contribution in [2.75, 3.05) is 18.5 Å². The van der Waals surface area contributed by atoms with Crippen molar-refractivity contribution in [2.45, 2.75) is 27.2 Å². The van der Waals surface area contributed by atoms with Crippen LogP contribution in [0.15, 0.2) is 51.8 Å². The fourth-order valence-corrected chi connectivity index (χ4v) is 5.28. The Balaban J connectivity index is 1.37. The van der Waals surface area contributed by atoms with E-state index in [1.807, 2.05) is 44.2 Å². The fourth-order valence-electron chi connectivity index (χ4n) is 4.13. The zero-order valence-electron chi connectivity index (χ0n) is 20.0. The first-order chi connectivity index (χ1) is 17.4. The molecule has 0 aliphatic carbocycles. The van der Waals surface area contributed by atoms with Crippen LogP contribution < -0.4 is 15.8 Å². The maximum Gasteiger partial charge on any atom is 0.439 e. The van der Waals surface area contributed by atoms with Crippen molar-refractivity contribution in [1.82, 2.24) is 20.1 Å². The van der Waals surface area contributed by atoms with E-state index in [1.165, 1.54) is 4.88 Å². The maximum atomic E-state index is 14.1. The Labute approximate surface area is 210 Å². The number of aromatic amines is 1. The van der Waals surface area contributed by atoms with Crippen LogP contribution in [0.2, 0.25) is 0 Å². The molecule has 0 unspecified atom stereocenters. The van der Waals surface area contributed by atoms with Gasteiger partial charge >= 0.3 is 11.8 Å². The lowest BCUT2D eigenvalue weighted by molar-refractivity contribution is 0.313. The lowest BCUT2D eigenvalue weighted by Crippen LogP contribution is -2.09. The fraction of sp³-hybridized carbons (Fsp3) is 0.231. The van der Waals surface area contributed by atoms with E-state index in [0.29, 0.717) is 36.1 Å². The molecule has 0 atom stereocenters. The zero-order chi connectivity index (χ0) is 25.2. The quantitative estimate of drug-likeness (QED) is 0.286. The molecule has 0 saturated carbocycles. The third-order valence-corrected chi connectivity index (χ3v) is 7.10. The standard InChI is InChI=1S/C26H24FN5O3S/c1-4-34-25-29-21(16-5-7-17(8-6-16)24-31-26(33)35-32-24)13-22(30-25)28-10-9-19-15(3)36-23-14(2)11-18(27)12-20(19)23/h5-8,11-13H,4,9-10H2,1-3H3,(H,28,29,30)(H,31,32,33). The molecule has 3 heterocycles. The van der Waals surface area contributed by atoms with Crippen LogP contribution in [0.5, 0.6) is 6.01 Å². The number of H-pyrrole nitrogens is 1. The SMILES string of the molecule is CCOc1nc(NCCc2c(C)sc3c(C)cc(F)cc23)cc(-c2ccc(-c3noc(=O)[nH]3)cc2)n1. The van der Waals surface area contributed by atoms with Gasteiger partial charge in [-0.2, -0.15) is 9.97 Å². The summed E-state index contributed by atoms with van der Waals surface area (Å²) in [6, 6.07) is 12.7. The lowest BCUT2D eigenvalue weighted by Gasteiger charge is -2.11. The predicted octanol–water partition coefficient (Wildman–Crippen LogP) is 5.51. The van der Waals surface area contributed by atoms with Crippen LogP contribution in [0.25, 0.3) is 32.7 Å². The van der Waals surface area contributed by atoms with Crippen LogP contribution in [0.4, 0.5) is 10.2 Å². The molecule has 0 bridgehead atoms. The number of rotatable bonds is 8. The number of aryl methyl sites for hydroxylation is 2. The van der Waals surface area contributed by atoms with Crippen LogP contribution in [0.3, 0.4) is 0 Å². The molecule has 0 spiro atoms. The third kappa shape index (κ3) is 4.85. The summed E-state index contributed by atoms with van der Waals surface area (Å²) < 4.78 is 25.4. The van der Waals surface area contributed by atoms with Gasteiger partial charge in [-0.15, -0.1) is 11.3 Å². The first-order valence-electron chi connectivity index (χ1n) is 11.5. The average Bonchev–Trinajstić information content (AvgIpc) is 3.43. The topological polar surface area (TPSA) is 106 Å². The summed E-state index contributed by atoms with van der Waals surface area (Å²) >= 11 is 1.70. The highest BCUT2D eigenvalue weighted by Gasteiger charge is 2.13. The van der Waals surface area contributed by atoms with Crippen molar-refractivity contribution in [3.05, 3.63) is 74.8 Å². The number of halogens is 1. The largest absolute Gasteiger partial charge is 0.464 e. The maximum absolute atomic E-state index is 14.1. The molecule has 0 aliphatic heterocycles. The number of hydrogen-bond acceptors (Lipinski definition) is 8. The summed E-state index contributed by atoms with van der Waals surface area (Å²) in [4.78, 5) is 24.0. The number of nitrogens with zero attached hydrogens (tertiary/aromatic N) is 3. The van der Waals surface area contributed by atoms with Gasteiger partial charge in [-0.25, -0.2) is 9.18 Å². The molecule has 2 N–H and O–H groups in total.